The minimum Gasteiger partial charge on any atom is -0.497 e. The van der Waals surface area contributed by atoms with Crippen molar-refractivity contribution in [2.45, 2.75) is 19.8 Å². The monoisotopic (exact) mass is 219 g/mol. The fraction of sp³-hybridized carbons (Fsp3) is 0.462. The number of carbonyl (C=O) groups excluding carboxylic acids is 1. The van der Waals surface area contributed by atoms with Crippen LogP contribution >= 0.6 is 0 Å². The summed E-state index contributed by atoms with van der Waals surface area (Å²) in [5.74, 6) is 1.12. The van der Waals surface area contributed by atoms with Crippen molar-refractivity contribution in [3.8, 4) is 5.75 Å². The van der Waals surface area contributed by atoms with Crippen LogP contribution in [0.3, 0.4) is 0 Å². The maximum Gasteiger partial charge on any atom is 0.139 e. The number of nitrogens with zero attached hydrogens (tertiary/aromatic N) is 1. The van der Waals surface area contributed by atoms with Gasteiger partial charge >= 0.3 is 0 Å². The Hall–Kier alpha value is -1.51. The number of Topliss-reactive ketones (excluding diaryl/α,β-unsaturated/α-hetero) is 1. The van der Waals surface area contributed by atoms with Gasteiger partial charge < -0.3 is 9.64 Å². The summed E-state index contributed by atoms with van der Waals surface area (Å²) in [6.07, 6.45) is 0. The summed E-state index contributed by atoms with van der Waals surface area (Å²) >= 11 is 0. The van der Waals surface area contributed by atoms with Gasteiger partial charge in [0.2, 0.25) is 0 Å². The first-order valence-corrected chi connectivity index (χ1v) is 5.60. The summed E-state index contributed by atoms with van der Waals surface area (Å²) in [4.78, 5) is 13.8. The van der Waals surface area contributed by atoms with E-state index in [1.165, 1.54) is 0 Å². The molecule has 3 heteroatoms. The standard InChI is InChI=1S/C13H17NO2/c1-4-14-8-12(9(2)15)11-6-5-10(16-3)7-13(11)14/h5-7,12H,4,8H2,1-3H3. The van der Waals surface area contributed by atoms with E-state index in [0.717, 1.165) is 30.1 Å². The second-order valence-electron chi connectivity index (χ2n) is 4.13. The molecule has 86 valence electrons. The SMILES string of the molecule is CCN1CC(C(C)=O)c2ccc(OC)cc21. The van der Waals surface area contributed by atoms with Crippen LogP contribution in [0.15, 0.2) is 18.2 Å². The van der Waals surface area contributed by atoms with E-state index >= 15 is 0 Å². The van der Waals surface area contributed by atoms with Crippen LogP contribution in [0.25, 0.3) is 0 Å². The number of benzene rings is 1. The summed E-state index contributed by atoms with van der Waals surface area (Å²) in [5.41, 5.74) is 2.28. The van der Waals surface area contributed by atoms with E-state index in [1.807, 2.05) is 18.2 Å². The number of fused-ring (bicyclic) bond motifs is 1. The second kappa shape index (κ2) is 4.16. The predicted molar refractivity (Wildman–Crippen MR) is 64.3 cm³/mol. The molecular weight excluding hydrogens is 202 g/mol. The minimum absolute atomic E-state index is 0.0286. The molecule has 0 saturated carbocycles. The van der Waals surface area contributed by atoms with Gasteiger partial charge in [0.05, 0.1) is 13.0 Å². The number of ether oxygens (including phenoxy) is 1. The lowest BCUT2D eigenvalue weighted by Gasteiger charge is -2.17. The van der Waals surface area contributed by atoms with Crippen molar-refractivity contribution in [1.82, 2.24) is 0 Å². The number of methoxy groups -OCH3 is 1. The molecule has 16 heavy (non-hydrogen) atoms. The Kier molecular flexibility index (Phi) is 2.86. The van der Waals surface area contributed by atoms with Gasteiger partial charge in [-0.2, -0.15) is 0 Å². The highest BCUT2D eigenvalue weighted by Crippen LogP contribution is 2.38. The molecule has 1 unspecified atom stereocenters. The van der Waals surface area contributed by atoms with Gasteiger partial charge in [0.1, 0.15) is 11.5 Å². The van der Waals surface area contributed by atoms with Crippen molar-refractivity contribution >= 4 is 11.5 Å². The molecule has 1 atom stereocenters. The van der Waals surface area contributed by atoms with Crippen LogP contribution in [0.5, 0.6) is 5.75 Å². The van der Waals surface area contributed by atoms with Gasteiger partial charge in [0.25, 0.3) is 0 Å². The molecule has 1 aliphatic heterocycles. The topological polar surface area (TPSA) is 29.5 Å². The van der Waals surface area contributed by atoms with Crippen LogP contribution in [-0.4, -0.2) is 26.0 Å². The zero-order valence-corrected chi connectivity index (χ0v) is 9.99. The molecule has 0 saturated heterocycles. The Morgan fingerprint density at radius 2 is 2.31 bits per heavy atom. The Labute approximate surface area is 96.0 Å². The molecule has 0 aromatic heterocycles. The maximum absolute atomic E-state index is 11.6. The van der Waals surface area contributed by atoms with Gasteiger partial charge in [-0.25, -0.2) is 0 Å². The third kappa shape index (κ3) is 1.66. The van der Waals surface area contributed by atoms with E-state index < -0.39 is 0 Å². The second-order valence-corrected chi connectivity index (χ2v) is 4.13. The van der Waals surface area contributed by atoms with Crippen molar-refractivity contribution in [3.63, 3.8) is 0 Å². The van der Waals surface area contributed by atoms with Crippen LogP contribution in [0.4, 0.5) is 5.69 Å². The fourth-order valence-electron chi connectivity index (χ4n) is 2.28. The number of anilines is 1. The van der Waals surface area contributed by atoms with E-state index in [0.29, 0.717) is 0 Å². The molecule has 0 N–H and O–H groups in total. The lowest BCUT2D eigenvalue weighted by atomic mass is 9.98. The third-order valence-corrected chi connectivity index (χ3v) is 3.23. The molecule has 0 bridgehead atoms. The average Bonchev–Trinajstić information content (AvgIpc) is 2.66. The first kappa shape index (κ1) is 11.0. The number of rotatable bonds is 3. The van der Waals surface area contributed by atoms with Crippen molar-refractivity contribution < 1.29 is 9.53 Å². The summed E-state index contributed by atoms with van der Waals surface area (Å²) in [7, 11) is 1.66. The number of hydrogen-bond acceptors (Lipinski definition) is 3. The van der Waals surface area contributed by atoms with Gasteiger partial charge in [-0.05, 0) is 25.5 Å². The van der Waals surface area contributed by atoms with E-state index in [4.69, 9.17) is 4.74 Å². The number of likely N-dealkylation sites (N-methyl/N-ethyl adjacent to an activating group) is 1. The molecule has 1 aromatic rings. The summed E-state index contributed by atoms with van der Waals surface area (Å²) in [6, 6.07) is 5.95. The number of ketones is 1. The summed E-state index contributed by atoms with van der Waals surface area (Å²) < 4.78 is 5.22. The Balaban J connectivity index is 2.44. The zero-order valence-electron chi connectivity index (χ0n) is 9.99. The van der Waals surface area contributed by atoms with Crippen LogP contribution in [-0.2, 0) is 4.79 Å². The smallest absolute Gasteiger partial charge is 0.139 e. The predicted octanol–water partition coefficient (Wildman–Crippen LogP) is 2.21. The van der Waals surface area contributed by atoms with Gasteiger partial charge in [0, 0.05) is 24.8 Å². The molecule has 3 nitrogen and oxygen atoms in total. The fourth-order valence-corrected chi connectivity index (χ4v) is 2.28. The highest BCUT2D eigenvalue weighted by Gasteiger charge is 2.30. The van der Waals surface area contributed by atoms with Crippen molar-refractivity contribution in [2.75, 3.05) is 25.1 Å². The lowest BCUT2D eigenvalue weighted by Crippen LogP contribution is -2.23. The van der Waals surface area contributed by atoms with Crippen LogP contribution < -0.4 is 9.64 Å². The molecule has 0 amide bonds. The highest BCUT2D eigenvalue weighted by atomic mass is 16.5. The van der Waals surface area contributed by atoms with Gasteiger partial charge in [-0.3, -0.25) is 4.79 Å². The van der Waals surface area contributed by atoms with Crippen molar-refractivity contribution in [3.05, 3.63) is 23.8 Å². The van der Waals surface area contributed by atoms with E-state index in [2.05, 4.69) is 11.8 Å². The number of carbonyl (C=O) groups is 1. The molecule has 2 rings (SSSR count). The molecule has 0 aliphatic carbocycles. The van der Waals surface area contributed by atoms with E-state index in [1.54, 1.807) is 14.0 Å². The molecule has 0 spiro atoms. The van der Waals surface area contributed by atoms with E-state index in [-0.39, 0.29) is 11.7 Å². The van der Waals surface area contributed by atoms with Crippen LogP contribution in [0.2, 0.25) is 0 Å². The maximum atomic E-state index is 11.6. The van der Waals surface area contributed by atoms with Crippen molar-refractivity contribution in [2.24, 2.45) is 0 Å². The number of hydrogen-bond donors (Lipinski definition) is 0. The Morgan fingerprint density at radius 1 is 1.56 bits per heavy atom. The summed E-state index contributed by atoms with van der Waals surface area (Å²) in [6.45, 7) is 5.49. The Bertz CT molecular complexity index is 414. The largest absolute Gasteiger partial charge is 0.497 e. The minimum atomic E-state index is 0.0286. The molecular formula is C13H17NO2. The normalized spacial score (nSPS) is 18.4. The first-order valence-electron chi connectivity index (χ1n) is 5.60. The van der Waals surface area contributed by atoms with E-state index in [9.17, 15) is 4.79 Å². The molecule has 0 radical (unpaired) electrons. The van der Waals surface area contributed by atoms with Gasteiger partial charge in [-0.1, -0.05) is 6.07 Å². The van der Waals surface area contributed by atoms with Crippen molar-refractivity contribution in [1.29, 1.82) is 0 Å². The molecule has 0 fully saturated rings. The Morgan fingerprint density at radius 3 is 2.88 bits per heavy atom. The van der Waals surface area contributed by atoms with Gasteiger partial charge in [-0.15, -0.1) is 0 Å². The summed E-state index contributed by atoms with van der Waals surface area (Å²) in [5, 5.41) is 0. The first-order chi connectivity index (χ1) is 7.67. The molecule has 1 heterocycles. The molecule has 1 aliphatic rings. The quantitative estimate of drug-likeness (QED) is 0.780. The highest BCUT2D eigenvalue weighted by molar-refractivity contribution is 5.88. The molecule has 1 aromatic carbocycles. The van der Waals surface area contributed by atoms with Crippen LogP contribution in [0, 0.1) is 0 Å². The average molecular weight is 219 g/mol. The third-order valence-electron chi connectivity index (χ3n) is 3.23. The zero-order chi connectivity index (χ0) is 11.7. The van der Waals surface area contributed by atoms with Crippen LogP contribution in [0.1, 0.15) is 25.3 Å². The van der Waals surface area contributed by atoms with Gasteiger partial charge in [0.15, 0.2) is 0 Å². The lowest BCUT2D eigenvalue weighted by molar-refractivity contribution is -0.118.